The number of carbonyl (C=O) groups is 1. The second-order valence-electron chi connectivity index (χ2n) is 6.49. The number of fused-ring (bicyclic) bond motifs is 1. The van der Waals surface area contributed by atoms with Gasteiger partial charge in [-0.3, -0.25) is 4.79 Å². The molecule has 0 saturated carbocycles. The Morgan fingerprint density at radius 3 is 2.88 bits per heavy atom. The first-order valence-corrected chi connectivity index (χ1v) is 9.81. The van der Waals surface area contributed by atoms with Gasteiger partial charge in [0, 0.05) is 11.9 Å². The molecular weight excluding hydrogens is 344 g/mol. The van der Waals surface area contributed by atoms with Crippen LogP contribution in [0.3, 0.4) is 0 Å². The van der Waals surface area contributed by atoms with Crippen molar-refractivity contribution in [2.75, 3.05) is 5.32 Å². The second-order valence-corrected chi connectivity index (χ2v) is 7.68. The summed E-state index contributed by atoms with van der Waals surface area (Å²) in [7, 11) is 0. The van der Waals surface area contributed by atoms with Crippen molar-refractivity contribution in [1.82, 2.24) is 9.97 Å². The van der Waals surface area contributed by atoms with E-state index in [2.05, 4.69) is 16.4 Å². The Bertz CT molecular complexity index is 842. The van der Waals surface area contributed by atoms with E-state index < -0.39 is 0 Å². The summed E-state index contributed by atoms with van der Waals surface area (Å²) in [5.74, 6) is 0.427. The lowest BCUT2D eigenvalue weighted by Crippen LogP contribution is -2.25. The zero-order chi connectivity index (χ0) is 18.5. The highest BCUT2D eigenvalue weighted by Crippen LogP contribution is 2.31. The highest BCUT2D eigenvalue weighted by atomic mass is 32.2. The first-order valence-electron chi connectivity index (χ1n) is 8.93. The van der Waals surface area contributed by atoms with Gasteiger partial charge in [0.2, 0.25) is 5.91 Å². The smallest absolute Gasteiger partial charge is 0.239 e. The van der Waals surface area contributed by atoms with Crippen LogP contribution in [0.2, 0.25) is 0 Å². The number of nitrogens with zero attached hydrogens (tertiary/aromatic N) is 3. The number of hydrogen-bond donors (Lipinski definition) is 1. The van der Waals surface area contributed by atoms with Gasteiger partial charge < -0.3 is 5.32 Å². The number of aromatic nitrogens is 2. The van der Waals surface area contributed by atoms with Crippen LogP contribution in [-0.4, -0.2) is 21.1 Å². The SMILES string of the molecule is CCC(Sc1nc2c(cc1C#N)CCCC2)C(=O)Nc1ccc(C)cn1. The Labute approximate surface area is 158 Å². The predicted molar refractivity (Wildman–Crippen MR) is 103 cm³/mol. The van der Waals surface area contributed by atoms with Crippen LogP contribution in [0, 0.1) is 18.3 Å². The maximum Gasteiger partial charge on any atom is 0.239 e. The van der Waals surface area contributed by atoms with Crippen molar-refractivity contribution in [3.05, 3.63) is 46.8 Å². The van der Waals surface area contributed by atoms with Crippen LogP contribution in [-0.2, 0) is 17.6 Å². The zero-order valence-electron chi connectivity index (χ0n) is 15.1. The fourth-order valence-electron chi connectivity index (χ4n) is 2.99. The average Bonchev–Trinajstić information content (AvgIpc) is 2.67. The molecule has 0 radical (unpaired) electrons. The zero-order valence-corrected chi connectivity index (χ0v) is 15.9. The number of rotatable bonds is 5. The molecule has 0 aromatic carbocycles. The van der Waals surface area contributed by atoms with Gasteiger partial charge in [-0.05, 0) is 62.3 Å². The van der Waals surface area contributed by atoms with Crippen LogP contribution >= 0.6 is 11.8 Å². The van der Waals surface area contributed by atoms with Gasteiger partial charge in [-0.1, -0.05) is 24.8 Å². The van der Waals surface area contributed by atoms with E-state index in [4.69, 9.17) is 4.98 Å². The third-order valence-electron chi connectivity index (χ3n) is 4.47. The molecule has 1 amide bonds. The Balaban J connectivity index is 1.78. The molecule has 1 aliphatic carbocycles. The van der Waals surface area contributed by atoms with Gasteiger partial charge in [0.1, 0.15) is 16.9 Å². The summed E-state index contributed by atoms with van der Waals surface area (Å²) in [4.78, 5) is 21.6. The van der Waals surface area contributed by atoms with Crippen molar-refractivity contribution < 1.29 is 4.79 Å². The van der Waals surface area contributed by atoms with Crippen molar-refractivity contribution >= 4 is 23.5 Å². The lowest BCUT2D eigenvalue weighted by atomic mass is 9.95. The molecule has 0 saturated heterocycles. The van der Waals surface area contributed by atoms with Gasteiger partial charge in [0.25, 0.3) is 0 Å². The van der Waals surface area contributed by atoms with Crippen LogP contribution in [0.4, 0.5) is 5.82 Å². The third-order valence-corrected chi connectivity index (χ3v) is 5.83. The number of thioether (sulfide) groups is 1. The summed E-state index contributed by atoms with van der Waals surface area (Å²) >= 11 is 1.37. The summed E-state index contributed by atoms with van der Waals surface area (Å²) in [6.07, 6.45) is 6.58. The van der Waals surface area contributed by atoms with Crippen LogP contribution < -0.4 is 5.32 Å². The first kappa shape index (κ1) is 18.4. The Morgan fingerprint density at radius 1 is 1.38 bits per heavy atom. The lowest BCUT2D eigenvalue weighted by molar-refractivity contribution is -0.115. The molecule has 0 fully saturated rings. The molecule has 0 aliphatic heterocycles. The van der Waals surface area contributed by atoms with Gasteiger partial charge in [0.05, 0.1) is 10.8 Å². The number of nitrogens with one attached hydrogen (secondary N) is 1. The molecule has 2 aromatic rings. The molecule has 3 rings (SSSR count). The molecule has 26 heavy (non-hydrogen) atoms. The van der Waals surface area contributed by atoms with E-state index in [1.807, 2.05) is 26.0 Å². The fraction of sp³-hybridized carbons (Fsp3) is 0.400. The maximum absolute atomic E-state index is 12.6. The minimum absolute atomic E-state index is 0.114. The Kier molecular flexibility index (Phi) is 5.89. The van der Waals surface area contributed by atoms with Crippen molar-refractivity contribution in [2.45, 2.75) is 56.2 Å². The molecule has 0 bridgehead atoms. The van der Waals surface area contributed by atoms with Gasteiger partial charge in [-0.15, -0.1) is 0 Å². The molecule has 5 nitrogen and oxygen atoms in total. The van der Waals surface area contributed by atoms with E-state index >= 15 is 0 Å². The van der Waals surface area contributed by atoms with Crippen LogP contribution in [0.1, 0.15) is 48.6 Å². The highest BCUT2D eigenvalue weighted by Gasteiger charge is 2.23. The van der Waals surface area contributed by atoms with Crippen molar-refractivity contribution in [3.8, 4) is 6.07 Å². The number of carbonyl (C=O) groups excluding carboxylic acids is 1. The summed E-state index contributed by atoms with van der Waals surface area (Å²) in [5, 5.41) is 12.7. The van der Waals surface area contributed by atoms with Gasteiger partial charge in [-0.2, -0.15) is 5.26 Å². The minimum Gasteiger partial charge on any atom is -0.310 e. The van der Waals surface area contributed by atoms with Crippen molar-refractivity contribution in [1.29, 1.82) is 5.26 Å². The molecule has 6 heteroatoms. The Hall–Kier alpha value is -2.39. The highest BCUT2D eigenvalue weighted by molar-refractivity contribution is 8.00. The molecule has 2 heterocycles. The molecule has 1 aliphatic rings. The fourth-order valence-corrected chi connectivity index (χ4v) is 3.99. The summed E-state index contributed by atoms with van der Waals surface area (Å²) < 4.78 is 0. The molecule has 134 valence electrons. The number of aryl methyl sites for hydroxylation is 3. The first-order chi connectivity index (χ1) is 12.6. The quantitative estimate of drug-likeness (QED) is 0.808. The van der Waals surface area contributed by atoms with E-state index in [0.29, 0.717) is 22.8 Å². The third kappa shape index (κ3) is 4.23. The van der Waals surface area contributed by atoms with E-state index in [1.54, 1.807) is 12.3 Å². The molecular formula is C20H22N4OS. The topological polar surface area (TPSA) is 78.7 Å². The van der Waals surface area contributed by atoms with E-state index in [1.165, 1.54) is 17.3 Å². The second kappa shape index (κ2) is 8.33. The molecule has 2 aromatic heterocycles. The summed E-state index contributed by atoms with van der Waals surface area (Å²) in [5.41, 5.74) is 3.86. The van der Waals surface area contributed by atoms with Crippen LogP contribution in [0.5, 0.6) is 0 Å². The van der Waals surface area contributed by atoms with Gasteiger partial charge in [-0.25, -0.2) is 9.97 Å². The largest absolute Gasteiger partial charge is 0.310 e. The van der Waals surface area contributed by atoms with E-state index in [-0.39, 0.29) is 11.2 Å². The monoisotopic (exact) mass is 366 g/mol. The number of pyridine rings is 2. The Morgan fingerprint density at radius 2 is 2.19 bits per heavy atom. The number of anilines is 1. The summed E-state index contributed by atoms with van der Waals surface area (Å²) in [6.45, 7) is 3.92. The lowest BCUT2D eigenvalue weighted by Gasteiger charge is -2.19. The average molecular weight is 366 g/mol. The van der Waals surface area contributed by atoms with Crippen molar-refractivity contribution in [2.24, 2.45) is 0 Å². The van der Waals surface area contributed by atoms with E-state index in [9.17, 15) is 10.1 Å². The van der Waals surface area contributed by atoms with Gasteiger partial charge >= 0.3 is 0 Å². The number of amides is 1. The standard InChI is InChI=1S/C20H22N4OS/c1-3-17(19(25)24-18-9-8-13(2)12-22-18)26-20-15(11-21)10-14-6-4-5-7-16(14)23-20/h8-10,12,17H,3-7H2,1-2H3,(H,22,24,25). The van der Waals surface area contributed by atoms with Crippen molar-refractivity contribution in [3.63, 3.8) is 0 Å². The predicted octanol–water partition coefficient (Wildman–Crippen LogP) is 4.04. The summed E-state index contributed by atoms with van der Waals surface area (Å²) in [6, 6.07) is 7.90. The molecule has 0 spiro atoms. The normalized spacial score (nSPS) is 14.2. The van der Waals surface area contributed by atoms with Crippen LogP contribution in [0.15, 0.2) is 29.4 Å². The van der Waals surface area contributed by atoms with Crippen LogP contribution in [0.25, 0.3) is 0 Å². The number of nitriles is 1. The maximum atomic E-state index is 12.6. The van der Waals surface area contributed by atoms with Gasteiger partial charge in [0.15, 0.2) is 0 Å². The van der Waals surface area contributed by atoms with E-state index in [0.717, 1.165) is 36.9 Å². The minimum atomic E-state index is -0.320. The molecule has 1 unspecified atom stereocenters. The number of hydrogen-bond acceptors (Lipinski definition) is 5. The molecule has 1 atom stereocenters. The molecule has 1 N–H and O–H groups in total.